The summed E-state index contributed by atoms with van der Waals surface area (Å²) < 4.78 is 0.930. The Morgan fingerprint density at radius 3 is 2.78 bits per heavy atom. The van der Waals surface area contributed by atoms with Gasteiger partial charge < -0.3 is 5.43 Å². The normalized spacial score (nSPS) is 10.9. The fraction of sp³-hybridized carbons (Fsp3) is 0.308. The number of aryl methyl sites for hydroxylation is 2. The van der Waals surface area contributed by atoms with Crippen molar-refractivity contribution >= 4 is 44.3 Å². The molecule has 5 heteroatoms. The Bertz CT molecular complexity index is 599. The van der Waals surface area contributed by atoms with Crippen molar-refractivity contribution < 1.29 is 0 Å². The molecule has 2 aromatic rings. The number of hydrazine groups is 1. The first-order valence-corrected chi connectivity index (χ1v) is 7.00. The van der Waals surface area contributed by atoms with Crippen LogP contribution in [0.25, 0.3) is 10.9 Å². The number of benzene rings is 1. The summed E-state index contributed by atoms with van der Waals surface area (Å²) in [6.45, 7) is 4.11. The molecule has 96 valence electrons. The van der Waals surface area contributed by atoms with Crippen LogP contribution in [0, 0.1) is 6.92 Å². The van der Waals surface area contributed by atoms with Gasteiger partial charge in [-0.05, 0) is 52.5 Å². The van der Waals surface area contributed by atoms with Gasteiger partial charge in [0.25, 0.3) is 0 Å². The van der Waals surface area contributed by atoms with Crippen LogP contribution in [-0.2, 0) is 6.42 Å². The average Bonchev–Trinajstić information content (AvgIpc) is 2.36. The molecule has 0 aliphatic heterocycles. The van der Waals surface area contributed by atoms with E-state index in [9.17, 15) is 0 Å². The smallest absolute Gasteiger partial charge is 0.143 e. The van der Waals surface area contributed by atoms with Crippen molar-refractivity contribution in [3.63, 3.8) is 0 Å². The maximum Gasteiger partial charge on any atom is 0.143 e. The zero-order valence-electron chi connectivity index (χ0n) is 10.3. The maximum absolute atomic E-state index is 6.35. The molecular formula is C13H15BrClN3. The molecule has 3 N–H and O–H groups in total. The Morgan fingerprint density at radius 1 is 1.44 bits per heavy atom. The van der Waals surface area contributed by atoms with Gasteiger partial charge in [0.15, 0.2) is 0 Å². The standard InChI is InChI=1S/C13H15BrClN3/c1-3-4-8-6-9-11(15)7(2)5-10(14)12(9)17-13(8)18-16/h5-6H,3-4,16H2,1-2H3,(H,17,18). The summed E-state index contributed by atoms with van der Waals surface area (Å²) in [6.07, 6.45) is 1.96. The predicted octanol–water partition coefficient (Wildman–Crippen LogP) is 4.20. The Kier molecular flexibility index (Phi) is 4.10. The van der Waals surface area contributed by atoms with E-state index >= 15 is 0 Å². The van der Waals surface area contributed by atoms with E-state index in [1.54, 1.807) is 0 Å². The summed E-state index contributed by atoms with van der Waals surface area (Å²) in [6, 6.07) is 4.04. The molecular weight excluding hydrogens is 314 g/mol. The first kappa shape index (κ1) is 13.6. The van der Waals surface area contributed by atoms with Gasteiger partial charge in [0.2, 0.25) is 0 Å². The molecule has 0 saturated carbocycles. The van der Waals surface area contributed by atoms with E-state index in [-0.39, 0.29) is 0 Å². The molecule has 18 heavy (non-hydrogen) atoms. The average molecular weight is 329 g/mol. The SMILES string of the molecule is CCCc1cc2c(Cl)c(C)cc(Br)c2nc1NN. The number of halogens is 2. The van der Waals surface area contributed by atoms with Crippen LogP contribution in [0.15, 0.2) is 16.6 Å². The number of hydrogen-bond donors (Lipinski definition) is 2. The van der Waals surface area contributed by atoms with E-state index in [0.717, 1.165) is 44.4 Å². The fourth-order valence-corrected chi connectivity index (χ4v) is 2.87. The number of nitrogens with one attached hydrogen (secondary N) is 1. The van der Waals surface area contributed by atoms with Gasteiger partial charge in [-0.2, -0.15) is 0 Å². The van der Waals surface area contributed by atoms with Gasteiger partial charge in [-0.3, -0.25) is 0 Å². The molecule has 1 heterocycles. The van der Waals surface area contributed by atoms with Crippen molar-refractivity contribution in [3.05, 3.63) is 32.8 Å². The van der Waals surface area contributed by atoms with E-state index in [1.165, 1.54) is 0 Å². The molecule has 0 amide bonds. The van der Waals surface area contributed by atoms with Crippen LogP contribution in [0.1, 0.15) is 24.5 Å². The number of hydrogen-bond acceptors (Lipinski definition) is 3. The number of nitrogen functional groups attached to an aromatic ring is 1. The van der Waals surface area contributed by atoms with Crippen molar-refractivity contribution in [1.82, 2.24) is 4.98 Å². The first-order chi connectivity index (χ1) is 8.58. The number of pyridine rings is 1. The highest BCUT2D eigenvalue weighted by molar-refractivity contribution is 9.10. The number of anilines is 1. The van der Waals surface area contributed by atoms with Gasteiger partial charge in [-0.1, -0.05) is 24.9 Å². The van der Waals surface area contributed by atoms with E-state index in [0.29, 0.717) is 5.82 Å². The Morgan fingerprint density at radius 2 is 2.17 bits per heavy atom. The highest BCUT2D eigenvalue weighted by Crippen LogP contribution is 2.34. The summed E-state index contributed by atoms with van der Waals surface area (Å²) in [4.78, 5) is 4.55. The predicted molar refractivity (Wildman–Crippen MR) is 81.0 cm³/mol. The van der Waals surface area contributed by atoms with Crippen LogP contribution in [-0.4, -0.2) is 4.98 Å². The third-order valence-corrected chi connectivity index (χ3v) is 4.02. The Labute approximate surface area is 120 Å². The van der Waals surface area contributed by atoms with Crippen molar-refractivity contribution in [2.24, 2.45) is 5.84 Å². The number of rotatable bonds is 3. The molecule has 1 aromatic carbocycles. The second kappa shape index (κ2) is 5.43. The zero-order chi connectivity index (χ0) is 13.3. The second-order valence-corrected chi connectivity index (χ2v) is 5.51. The van der Waals surface area contributed by atoms with Gasteiger partial charge in [0.05, 0.1) is 10.5 Å². The summed E-state index contributed by atoms with van der Waals surface area (Å²) in [7, 11) is 0. The molecule has 0 aliphatic carbocycles. The lowest BCUT2D eigenvalue weighted by Crippen LogP contribution is -2.11. The van der Waals surface area contributed by atoms with Crippen LogP contribution in [0.2, 0.25) is 5.02 Å². The first-order valence-electron chi connectivity index (χ1n) is 5.83. The number of aromatic nitrogens is 1. The van der Waals surface area contributed by atoms with Crippen LogP contribution in [0.4, 0.5) is 5.82 Å². The van der Waals surface area contributed by atoms with Crippen molar-refractivity contribution in [1.29, 1.82) is 0 Å². The van der Waals surface area contributed by atoms with Crippen molar-refractivity contribution in [2.45, 2.75) is 26.7 Å². The molecule has 2 rings (SSSR count). The van der Waals surface area contributed by atoms with E-state index in [2.05, 4.69) is 39.3 Å². The maximum atomic E-state index is 6.35. The minimum Gasteiger partial charge on any atom is -0.308 e. The van der Waals surface area contributed by atoms with E-state index in [1.807, 2.05) is 13.0 Å². The summed E-state index contributed by atoms with van der Waals surface area (Å²) in [5.74, 6) is 6.24. The number of nitrogens with zero attached hydrogens (tertiary/aromatic N) is 1. The van der Waals surface area contributed by atoms with Crippen LogP contribution in [0.5, 0.6) is 0 Å². The van der Waals surface area contributed by atoms with Crippen molar-refractivity contribution in [2.75, 3.05) is 5.43 Å². The fourth-order valence-electron chi connectivity index (χ4n) is 2.02. The Balaban J connectivity index is 2.78. The van der Waals surface area contributed by atoms with Gasteiger partial charge in [-0.25, -0.2) is 10.8 Å². The lowest BCUT2D eigenvalue weighted by atomic mass is 10.1. The molecule has 0 unspecified atom stereocenters. The molecule has 3 nitrogen and oxygen atoms in total. The largest absolute Gasteiger partial charge is 0.308 e. The monoisotopic (exact) mass is 327 g/mol. The third-order valence-electron chi connectivity index (χ3n) is 2.91. The second-order valence-electron chi connectivity index (χ2n) is 4.28. The van der Waals surface area contributed by atoms with Crippen LogP contribution >= 0.6 is 27.5 Å². The zero-order valence-corrected chi connectivity index (χ0v) is 12.7. The minimum atomic E-state index is 0.713. The molecule has 0 aliphatic rings. The van der Waals surface area contributed by atoms with E-state index in [4.69, 9.17) is 17.4 Å². The van der Waals surface area contributed by atoms with Gasteiger partial charge in [-0.15, -0.1) is 0 Å². The summed E-state index contributed by atoms with van der Waals surface area (Å²) >= 11 is 9.87. The lowest BCUT2D eigenvalue weighted by Gasteiger charge is -2.12. The molecule has 0 atom stereocenters. The van der Waals surface area contributed by atoms with Crippen molar-refractivity contribution in [3.8, 4) is 0 Å². The summed E-state index contributed by atoms with van der Waals surface area (Å²) in [5.41, 5.74) is 5.62. The quantitative estimate of drug-likeness (QED) is 0.656. The van der Waals surface area contributed by atoms with Gasteiger partial charge in [0.1, 0.15) is 5.82 Å². The van der Waals surface area contributed by atoms with E-state index < -0.39 is 0 Å². The third kappa shape index (κ3) is 2.32. The minimum absolute atomic E-state index is 0.713. The molecule has 0 bridgehead atoms. The molecule has 0 fully saturated rings. The molecule has 0 radical (unpaired) electrons. The Hall–Kier alpha value is -0.840. The molecule has 0 spiro atoms. The number of nitrogens with two attached hydrogens (primary N) is 1. The van der Waals surface area contributed by atoms with Gasteiger partial charge in [0, 0.05) is 9.86 Å². The topological polar surface area (TPSA) is 50.9 Å². The highest BCUT2D eigenvalue weighted by Gasteiger charge is 2.12. The summed E-state index contributed by atoms with van der Waals surface area (Å²) in [5, 5.41) is 1.72. The molecule has 0 saturated heterocycles. The van der Waals surface area contributed by atoms with Gasteiger partial charge >= 0.3 is 0 Å². The highest BCUT2D eigenvalue weighted by atomic mass is 79.9. The molecule has 1 aromatic heterocycles. The van der Waals surface area contributed by atoms with Crippen LogP contribution < -0.4 is 11.3 Å². The van der Waals surface area contributed by atoms with Crippen LogP contribution in [0.3, 0.4) is 0 Å². The lowest BCUT2D eigenvalue weighted by molar-refractivity contribution is 0.917. The number of fused-ring (bicyclic) bond motifs is 1.